The first-order valence-electron chi connectivity index (χ1n) is 10.9. The molecule has 0 unspecified atom stereocenters. The average Bonchev–Trinajstić information content (AvgIpc) is 2.74. The first-order chi connectivity index (χ1) is 14.0. The van der Waals surface area contributed by atoms with Gasteiger partial charge in [-0.3, -0.25) is 0 Å². The van der Waals surface area contributed by atoms with E-state index in [2.05, 4.69) is 88.0 Å². The highest BCUT2D eigenvalue weighted by molar-refractivity contribution is 6.99. The van der Waals surface area contributed by atoms with Crippen molar-refractivity contribution in [2.75, 3.05) is 13.2 Å². The zero-order valence-electron chi connectivity index (χ0n) is 18.3. The fourth-order valence-corrected chi connectivity index (χ4v) is 9.31. The molecule has 29 heavy (non-hydrogen) atoms. The van der Waals surface area contributed by atoms with Crippen molar-refractivity contribution in [3.8, 4) is 0 Å². The van der Waals surface area contributed by atoms with Gasteiger partial charge in [0, 0.05) is 6.61 Å². The number of rotatable bonds is 8. The lowest BCUT2D eigenvalue weighted by Gasteiger charge is -2.44. The number of hydrogen-bond acceptors (Lipinski definition) is 2. The molecule has 0 amide bonds. The molecule has 1 saturated carbocycles. The van der Waals surface area contributed by atoms with E-state index in [0.717, 1.165) is 19.4 Å². The summed E-state index contributed by atoms with van der Waals surface area (Å²) in [5.41, 5.74) is 0. The molecule has 0 atom stereocenters. The van der Waals surface area contributed by atoms with Crippen LogP contribution in [0.15, 0.2) is 73.3 Å². The van der Waals surface area contributed by atoms with Crippen molar-refractivity contribution in [2.24, 2.45) is 5.92 Å². The molecule has 0 spiro atoms. The Hall–Kier alpha value is -1.68. The Labute approximate surface area is 178 Å². The van der Waals surface area contributed by atoms with Gasteiger partial charge >= 0.3 is 0 Å². The van der Waals surface area contributed by atoms with Crippen molar-refractivity contribution >= 4 is 18.7 Å². The Bertz CT molecular complexity index is 704. The van der Waals surface area contributed by atoms with Crippen LogP contribution < -0.4 is 10.4 Å². The maximum Gasteiger partial charge on any atom is 0.261 e. The Balaban J connectivity index is 1.82. The fraction of sp³-hybridized carbons (Fsp3) is 0.462. The standard InChI is InChI=1S/C26H36O2Si/c1-5-20-27-23-18-16-22(17-19-23)21-28-29(26(2,3)4,24-12-8-6-9-13-24)25-14-10-7-11-15-25/h5-15,22-23H,1,16-21H2,2-4H3. The van der Waals surface area contributed by atoms with E-state index < -0.39 is 8.32 Å². The minimum Gasteiger partial charge on any atom is -0.407 e. The van der Waals surface area contributed by atoms with Crippen molar-refractivity contribution in [1.29, 1.82) is 0 Å². The topological polar surface area (TPSA) is 18.5 Å². The number of benzene rings is 2. The van der Waals surface area contributed by atoms with Gasteiger partial charge in [0.1, 0.15) is 0 Å². The molecule has 0 bridgehead atoms. The summed E-state index contributed by atoms with van der Waals surface area (Å²) in [5.74, 6) is 0.611. The van der Waals surface area contributed by atoms with E-state index in [0.29, 0.717) is 18.6 Å². The minimum atomic E-state index is -2.42. The maximum atomic E-state index is 7.10. The molecule has 3 heteroatoms. The summed E-state index contributed by atoms with van der Waals surface area (Å²) >= 11 is 0. The van der Waals surface area contributed by atoms with Crippen molar-refractivity contribution < 1.29 is 9.16 Å². The predicted molar refractivity (Wildman–Crippen MR) is 125 cm³/mol. The van der Waals surface area contributed by atoms with Gasteiger partial charge in [-0.05, 0) is 47.0 Å². The molecule has 2 aromatic carbocycles. The van der Waals surface area contributed by atoms with Gasteiger partial charge < -0.3 is 9.16 Å². The van der Waals surface area contributed by atoms with Gasteiger partial charge in [0.05, 0.1) is 12.7 Å². The third-order valence-electron chi connectivity index (χ3n) is 6.20. The lowest BCUT2D eigenvalue weighted by atomic mass is 9.88. The normalized spacial score (nSPS) is 20.4. The quantitative estimate of drug-likeness (QED) is 0.434. The fourth-order valence-electron chi connectivity index (χ4n) is 4.67. The van der Waals surface area contributed by atoms with E-state index in [1.165, 1.54) is 23.2 Å². The van der Waals surface area contributed by atoms with Crippen LogP contribution in [0, 0.1) is 5.92 Å². The molecule has 3 rings (SSSR count). The first-order valence-corrected chi connectivity index (χ1v) is 12.9. The van der Waals surface area contributed by atoms with E-state index in [9.17, 15) is 0 Å². The molecule has 0 aromatic heterocycles. The monoisotopic (exact) mass is 408 g/mol. The van der Waals surface area contributed by atoms with E-state index in [1.54, 1.807) is 0 Å². The second-order valence-electron chi connectivity index (χ2n) is 9.24. The van der Waals surface area contributed by atoms with Crippen molar-refractivity contribution in [3.63, 3.8) is 0 Å². The summed E-state index contributed by atoms with van der Waals surface area (Å²) in [6.45, 7) is 12.3. The lowest BCUT2D eigenvalue weighted by molar-refractivity contribution is 0.0275. The zero-order chi connectivity index (χ0) is 20.7. The van der Waals surface area contributed by atoms with Gasteiger partial charge in [-0.2, -0.15) is 0 Å². The van der Waals surface area contributed by atoms with Crippen LogP contribution in [-0.2, 0) is 9.16 Å². The second kappa shape index (κ2) is 9.88. The molecule has 1 aliphatic carbocycles. The molecular formula is C26H36O2Si. The van der Waals surface area contributed by atoms with Crippen molar-refractivity contribution in [3.05, 3.63) is 73.3 Å². The maximum absolute atomic E-state index is 7.10. The Morgan fingerprint density at radius 2 is 1.41 bits per heavy atom. The summed E-state index contributed by atoms with van der Waals surface area (Å²) in [6.07, 6.45) is 6.85. The Kier molecular flexibility index (Phi) is 7.50. The van der Waals surface area contributed by atoms with Crippen molar-refractivity contribution in [2.45, 2.75) is 57.6 Å². The highest BCUT2D eigenvalue weighted by Gasteiger charge is 2.50. The van der Waals surface area contributed by atoms with Gasteiger partial charge in [0.2, 0.25) is 0 Å². The summed E-state index contributed by atoms with van der Waals surface area (Å²) in [4.78, 5) is 0. The van der Waals surface area contributed by atoms with E-state index >= 15 is 0 Å². The summed E-state index contributed by atoms with van der Waals surface area (Å²) < 4.78 is 13.0. The Morgan fingerprint density at radius 3 is 1.86 bits per heavy atom. The van der Waals surface area contributed by atoms with Crippen LogP contribution in [-0.4, -0.2) is 27.6 Å². The average molecular weight is 409 g/mol. The number of hydrogen-bond donors (Lipinski definition) is 0. The van der Waals surface area contributed by atoms with Crippen LogP contribution in [0.25, 0.3) is 0 Å². The van der Waals surface area contributed by atoms with Gasteiger partial charge in [0.25, 0.3) is 8.32 Å². The molecular weight excluding hydrogens is 372 g/mol. The summed E-state index contributed by atoms with van der Waals surface area (Å²) in [6, 6.07) is 21.9. The van der Waals surface area contributed by atoms with Crippen molar-refractivity contribution in [1.82, 2.24) is 0 Å². The Morgan fingerprint density at radius 1 is 0.897 bits per heavy atom. The highest BCUT2D eigenvalue weighted by Crippen LogP contribution is 2.38. The van der Waals surface area contributed by atoms with Crippen LogP contribution >= 0.6 is 0 Å². The SMILES string of the molecule is C=CCOC1CCC(CO[Si](c2ccccc2)(c2ccccc2)C(C)(C)C)CC1. The highest BCUT2D eigenvalue weighted by atomic mass is 28.4. The molecule has 156 valence electrons. The molecule has 1 fully saturated rings. The van der Waals surface area contributed by atoms with Gasteiger partial charge in [0.15, 0.2) is 0 Å². The van der Waals surface area contributed by atoms with Crippen LogP contribution in [0.5, 0.6) is 0 Å². The molecule has 1 aliphatic rings. The molecule has 0 radical (unpaired) electrons. The third-order valence-corrected chi connectivity index (χ3v) is 11.2. The number of ether oxygens (including phenoxy) is 1. The molecule has 0 aliphatic heterocycles. The molecule has 2 aromatic rings. The summed E-state index contributed by atoms with van der Waals surface area (Å²) in [7, 11) is -2.42. The lowest BCUT2D eigenvalue weighted by Crippen LogP contribution is -2.67. The predicted octanol–water partition coefficient (Wildman–Crippen LogP) is 5.32. The molecule has 0 N–H and O–H groups in total. The molecule has 2 nitrogen and oxygen atoms in total. The van der Waals surface area contributed by atoms with Gasteiger partial charge in [-0.1, -0.05) is 87.5 Å². The van der Waals surface area contributed by atoms with Crippen LogP contribution in [0.3, 0.4) is 0 Å². The van der Waals surface area contributed by atoms with E-state index in [4.69, 9.17) is 9.16 Å². The second-order valence-corrected chi connectivity index (χ2v) is 13.5. The molecule has 0 heterocycles. The summed E-state index contributed by atoms with van der Waals surface area (Å²) in [5, 5.41) is 2.77. The zero-order valence-corrected chi connectivity index (χ0v) is 19.3. The van der Waals surface area contributed by atoms with Crippen LogP contribution in [0.2, 0.25) is 5.04 Å². The minimum absolute atomic E-state index is 0.0416. The smallest absolute Gasteiger partial charge is 0.261 e. The van der Waals surface area contributed by atoms with E-state index in [1.807, 2.05) is 6.08 Å². The van der Waals surface area contributed by atoms with E-state index in [-0.39, 0.29) is 5.04 Å². The van der Waals surface area contributed by atoms with Crippen LogP contribution in [0.4, 0.5) is 0 Å². The third kappa shape index (κ3) is 5.09. The van der Waals surface area contributed by atoms with Gasteiger partial charge in [-0.25, -0.2) is 0 Å². The first kappa shape index (κ1) is 22.0. The van der Waals surface area contributed by atoms with Crippen LogP contribution in [0.1, 0.15) is 46.5 Å². The van der Waals surface area contributed by atoms with Gasteiger partial charge in [-0.15, -0.1) is 6.58 Å². The molecule has 0 saturated heterocycles. The largest absolute Gasteiger partial charge is 0.407 e.